The van der Waals surface area contributed by atoms with Gasteiger partial charge in [-0.2, -0.15) is 0 Å². The Bertz CT molecular complexity index is 495. The van der Waals surface area contributed by atoms with E-state index in [4.69, 9.17) is 5.73 Å². The van der Waals surface area contributed by atoms with Crippen LogP contribution < -0.4 is 16.0 Å². The number of nitrogen functional groups attached to an aromatic ring is 1. The minimum atomic E-state index is -0.0608. The lowest BCUT2D eigenvalue weighted by Gasteiger charge is -2.39. The second-order valence-electron chi connectivity index (χ2n) is 5.64. The fraction of sp³-hybridized carbons (Fsp3) is 0.562. The van der Waals surface area contributed by atoms with E-state index in [-0.39, 0.29) is 5.91 Å². The van der Waals surface area contributed by atoms with Gasteiger partial charge in [0.25, 0.3) is 5.91 Å². The molecule has 1 atom stereocenters. The van der Waals surface area contributed by atoms with E-state index in [1.165, 1.54) is 6.42 Å². The van der Waals surface area contributed by atoms with Crippen LogP contribution in [-0.4, -0.2) is 50.1 Å². The molecule has 0 aliphatic carbocycles. The van der Waals surface area contributed by atoms with Gasteiger partial charge in [-0.15, -0.1) is 0 Å². The first-order valence-corrected chi connectivity index (χ1v) is 7.67. The Morgan fingerprint density at radius 1 is 1.33 bits per heavy atom. The molecule has 3 N–H and O–H groups in total. The van der Waals surface area contributed by atoms with Crippen molar-refractivity contribution in [2.24, 2.45) is 0 Å². The zero-order valence-electron chi connectivity index (χ0n) is 13.2. The van der Waals surface area contributed by atoms with E-state index in [0.29, 0.717) is 17.3 Å². The van der Waals surface area contributed by atoms with E-state index in [0.717, 1.165) is 31.9 Å². The number of amides is 1. The summed E-state index contributed by atoms with van der Waals surface area (Å²) < 4.78 is 0. The van der Waals surface area contributed by atoms with Gasteiger partial charge in [-0.1, -0.05) is 6.92 Å². The number of hydrogen-bond donors (Lipinski definition) is 2. The SMILES string of the molecule is CCC(C)N1CCN(c2cc(N)ccc2C(=O)NC)CC1. The Kier molecular flexibility index (Phi) is 5.07. The molecule has 0 radical (unpaired) electrons. The van der Waals surface area contributed by atoms with Gasteiger partial charge in [-0.3, -0.25) is 9.69 Å². The number of benzene rings is 1. The monoisotopic (exact) mass is 290 g/mol. The predicted molar refractivity (Wildman–Crippen MR) is 87.8 cm³/mol. The molecule has 1 fully saturated rings. The Labute approximate surface area is 127 Å². The lowest BCUT2D eigenvalue weighted by molar-refractivity contribution is 0.0963. The molecule has 1 unspecified atom stereocenters. The second-order valence-corrected chi connectivity index (χ2v) is 5.64. The fourth-order valence-electron chi connectivity index (χ4n) is 2.80. The Hall–Kier alpha value is -1.75. The first-order valence-electron chi connectivity index (χ1n) is 7.67. The highest BCUT2D eigenvalue weighted by Crippen LogP contribution is 2.25. The molecule has 2 rings (SSSR count). The third-order valence-electron chi connectivity index (χ3n) is 4.36. The maximum Gasteiger partial charge on any atom is 0.253 e. The highest BCUT2D eigenvalue weighted by molar-refractivity contribution is 6.00. The topological polar surface area (TPSA) is 61.6 Å². The molecule has 5 nitrogen and oxygen atoms in total. The van der Waals surface area contributed by atoms with Gasteiger partial charge in [0.15, 0.2) is 0 Å². The summed E-state index contributed by atoms with van der Waals surface area (Å²) in [5.41, 5.74) is 8.24. The van der Waals surface area contributed by atoms with Crippen molar-refractivity contribution in [2.75, 3.05) is 43.9 Å². The van der Waals surface area contributed by atoms with E-state index in [9.17, 15) is 4.79 Å². The number of anilines is 2. The van der Waals surface area contributed by atoms with Gasteiger partial charge in [0.2, 0.25) is 0 Å². The summed E-state index contributed by atoms with van der Waals surface area (Å²) in [4.78, 5) is 16.8. The molecule has 1 heterocycles. The molecule has 5 heteroatoms. The number of nitrogens with one attached hydrogen (secondary N) is 1. The third kappa shape index (κ3) is 3.47. The molecule has 116 valence electrons. The van der Waals surface area contributed by atoms with Crippen LogP contribution in [0.5, 0.6) is 0 Å². The Morgan fingerprint density at radius 2 is 2.00 bits per heavy atom. The number of piperazine rings is 1. The molecule has 1 amide bonds. The molecule has 1 aromatic rings. The van der Waals surface area contributed by atoms with Crippen LogP contribution in [0.15, 0.2) is 18.2 Å². The normalized spacial score (nSPS) is 17.6. The van der Waals surface area contributed by atoms with Crippen LogP contribution in [0.3, 0.4) is 0 Å². The number of carbonyl (C=O) groups excluding carboxylic acids is 1. The molecular formula is C16H26N4O. The Balaban J connectivity index is 2.16. The van der Waals surface area contributed by atoms with Crippen molar-refractivity contribution in [3.63, 3.8) is 0 Å². The van der Waals surface area contributed by atoms with Gasteiger partial charge in [0.1, 0.15) is 0 Å². The number of nitrogens with zero attached hydrogens (tertiary/aromatic N) is 2. The third-order valence-corrected chi connectivity index (χ3v) is 4.36. The van der Waals surface area contributed by atoms with Crippen molar-refractivity contribution < 1.29 is 4.79 Å². The van der Waals surface area contributed by atoms with E-state index in [2.05, 4.69) is 29.0 Å². The van der Waals surface area contributed by atoms with Crippen molar-refractivity contribution in [3.8, 4) is 0 Å². The summed E-state index contributed by atoms with van der Waals surface area (Å²) in [5, 5.41) is 2.70. The van der Waals surface area contributed by atoms with Gasteiger partial charge in [-0.25, -0.2) is 0 Å². The van der Waals surface area contributed by atoms with Gasteiger partial charge < -0.3 is 16.0 Å². The highest BCUT2D eigenvalue weighted by Gasteiger charge is 2.23. The van der Waals surface area contributed by atoms with Crippen molar-refractivity contribution in [3.05, 3.63) is 23.8 Å². The zero-order chi connectivity index (χ0) is 15.4. The minimum absolute atomic E-state index is 0.0608. The fourth-order valence-corrected chi connectivity index (χ4v) is 2.80. The molecular weight excluding hydrogens is 264 g/mol. The summed E-state index contributed by atoms with van der Waals surface area (Å²) >= 11 is 0. The van der Waals surface area contributed by atoms with Crippen molar-refractivity contribution in [1.29, 1.82) is 0 Å². The van der Waals surface area contributed by atoms with Crippen LogP contribution in [0.2, 0.25) is 0 Å². The number of hydrogen-bond acceptors (Lipinski definition) is 4. The summed E-state index contributed by atoms with van der Waals surface area (Å²) in [6.45, 7) is 8.40. The van der Waals surface area contributed by atoms with Crippen LogP contribution in [0.1, 0.15) is 30.6 Å². The van der Waals surface area contributed by atoms with E-state index in [1.54, 1.807) is 13.1 Å². The lowest BCUT2D eigenvalue weighted by atomic mass is 10.1. The lowest BCUT2D eigenvalue weighted by Crippen LogP contribution is -2.49. The summed E-state index contributed by atoms with van der Waals surface area (Å²) in [6.07, 6.45) is 1.17. The number of nitrogens with two attached hydrogens (primary N) is 1. The molecule has 0 aromatic heterocycles. The quantitative estimate of drug-likeness (QED) is 0.826. The Morgan fingerprint density at radius 3 is 2.57 bits per heavy atom. The molecule has 1 saturated heterocycles. The van der Waals surface area contributed by atoms with E-state index in [1.807, 2.05) is 12.1 Å². The predicted octanol–water partition coefficient (Wildman–Crippen LogP) is 1.55. The number of rotatable bonds is 4. The van der Waals surface area contributed by atoms with Crippen molar-refractivity contribution >= 4 is 17.3 Å². The van der Waals surface area contributed by atoms with E-state index < -0.39 is 0 Å². The standard InChI is InChI=1S/C16H26N4O/c1-4-12(2)19-7-9-20(10-8-19)15-11-13(17)5-6-14(15)16(21)18-3/h5-6,11-12H,4,7-10,17H2,1-3H3,(H,18,21). The summed E-state index contributed by atoms with van der Waals surface area (Å²) in [5.74, 6) is -0.0608. The zero-order valence-corrected chi connectivity index (χ0v) is 13.2. The van der Waals surface area contributed by atoms with Gasteiger partial charge in [0, 0.05) is 45.0 Å². The minimum Gasteiger partial charge on any atom is -0.399 e. The van der Waals surface area contributed by atoms with Crippen LogP contribution >= 0.6 is 0 Å². The second kappa shape index (κ2) is 6.80. The molecule has 1 aliphatic heterocycles. The van der Waals surface area contributed by atoms with Crippen LogP contribution in [-0.2, 0) is 0 Å². The first-order chi connectivity index (χ1) is 10.1. The summed E-state index contributed by atoms with van der Waals surface area (Å²) in [7, 11) is 1.66. The first kappa shape index (κ1) is 15.6. The van der Waals surface area contributed by atoms with Gasteiger partial charge in [-0.05, 0) is 31.5 Å². The van der Waals surface area contributed by atoms with Crippen LogP contribution in [0.4, 0.5) is 11.4 Å². The molecule has 21 heavy (non-hydrogen) atoms. The molecule has 1 aromatic carbocycles. The van der Waals surface area contributed by atoms with Crippen molar-refractivity contribution in [1.82, 2.24) is 10.2 Å². The van der Waals surface area contributed by atoms with Gasteiger partial charge >= 0.3 is 0 Å². The maximum atomic E-state index is 12.0. The van der Waals surface area contributed by atoms with Crippen LogP contribution in [0.25, 0.3) is 0 Å². The highest BCUT2D eigenvalue weighted by atomic mass is 16.1. The molecule has 0 saturated carbocycles. The molecule has 1 aliphatic rings. The molecule has 0 spiro atoms. The maximum absolute atomic E-state index is 12.0. The van der Waals surface area contributed by atoms with E-state index >= 15 is 0 Å². The smallest absolute Gasteiger partial charge is 0.253 e. The largest absolute Gasteiger partial charge is 0.399 e. The number of carbonyl (C=O) groups is 1. The van der Waals surface area contributed by atoms with Crippen molar-refractivity contribution in [2.45, 2.75) is 26.3 Å². The average Bonchev–Trinajstić information content (AvgIpc) is 2.53. The average molecular weight is 290 g/mol. The van der Waals surface area contributed by atoms with Gasteiger partial charge in [0.05, 0.1) is 11.3 Å². The van der Waals surface area contributed by atoms with Crippen LogP contribution in [0, 0.1) is 0 Å². The molecule has 0 bridgehead atoms. The summed E-state index contributed by atoms with van der Waals surface area (Å²) in [6, 6.07) is 6.11.